The molecule has 0 aromatic heterocycles. The quantitative estimate of drug-likeness (QED) is 0.514. The zero-order chi connectivity index (χ0) is 11.4. The van der Waals surface area contributed by atoms with Crippen molar-refractivity contribution in [2.75, 3.05) is 12.8 Å². The fourth-order valence-corrected chi connectivity index (χ4v) is 1.74. The first-order valence-electron chi connectivity index (χ1n) is 4.05. The predicted molar refractivity (Wildman–Crippen MR) is 67.5 cm³/mol. The number of esters is 1. The van der Waals surface area contributed by atoms with E-state index >= 15 is 0 Å². The smallest absolute Gasteiger partial charge is 0.344 e. The Balaban J connectivity index is 3.07. The second kappa shape index (κ2) is 5.32. The van der Waals surface area contributed by atoms with E-state index in [1.807, 2.05) is 6.07 Å². The first-order chi connectivity index (χ1) is 7.04. The minimum Gasteiger partial charge on any atom is -0.465 e. The molecule has 0 unspecified atom stereocenters. The lowest BCUT2D eigenvalue weighted by molar-refractivity contribution is -0.135. The molecule has 2 N–H and O–H groups in total. The summed E-state index contributed by atoms with van der Waals surface area (Å²) in [5.41, 5.74) is 7.08. The summed E-state index contributed by atoms with van der Waals surface area (Å²) < 4.78 is 5.76. The van der Waals surface area contributed by atoms with E-state index < -0.39 is 5.97 Å². The molecule has 0 atom stereocenters. The largest absolute Gasteiger partial charge is 0.465 e. The van der Waals surface area contributed by atoms with Crippen LogP contribution >= 0.6 is 31.9 Å². The number of carbonyl (C=O) groups is 1. The van der Waals surface area contributed by atoms with Gasteiger partial charge in [0.05, 0.1) is 7.11 Å². The average molecular weight is 335 g/mol. The maximum atomic E-state index is 11.1. The Bertz CT molecular complexity index is 416. The molecule has 0 saturated carbocycles. The maximum absolute atomic E-state index is 11.1. The highest BCUT2D eigenvalue weighted by Gasteiger charge is 2.06. The molecule has 80 valence electrons. The first-order valence-corrected chi connectivity index (χ1v) is 5.63. The summed E-state index contributed by atoms with van der Waals surface area (Å²) in [4.78, 5) is 11.1. The van der Waals surface area contributed by atoms with E-state index in [9.17, 15) is 4.79 Å². The van der Waals surface area contributed by atoms with Crippen LogP contribution in [0.5, 0.6) is 0 Å². The van der Waals surface area contributed by atoms with Crippen molar-refractivity contribution in [3.05, 3.63) is 32.7 Å². The molecular formula is C10H9Br2NO2. The maximum Gasteiger partial charge on any atom is 0.344 e. The molecule has 0 saturated heterocycles. The number of ether oxygens (including phenoxy) is 1. The number of benzene rings is 1. The van der Waals surface area contributed by atoms with Gasteiger partial charge in [-0.3, -0.25) is 0 Å². The van der Waals surface area contributed by atoms with Gasteiger partial charge in [0.25, 0.3) is 0 Å². The van der Waals surface area contributed by atoms with Gasteiger partial charge in [-0.1, -0.05) is 15.9 Å². The lowest BCUT2D eigenvalue weighted by atomic mass is 10.2. The van der Waals surface area contributed by atoms with Crippen molar-refractivity contribution < 1.29 is 9.53 Å². The van der Waals surface area contributed by atoms with Gasteiger partial charge in [0.2, 0.25) is 0 Å². The molecule has 0 aliphatic rings. The van der Waals surface area contributed by atoms with Crippen molar-refractivity contribution in [2.24, 2.45) is 0 Å². The third-order valence-electron chi connectivity index (χ3n) is 1.68. The number of methoxy groups -OCH3 is 1. The van der Waals surface area contributed by atoms with Gasteiger partial charge >= 0.3 is 5.97 Å². The molecule has 0 heterocycles. The van der Waals surface area contributed by atoms with Gasteiger partial charge in [-0.2, -0.15) is 0 Å². The summed E-state index contributed by atoms with van der Waals surface area (Å²) in [5, 5.41) is 0. The minimum absolute atomic E-state index is 0.344. The molecule has 0 aliphatic heterocycles. The number of nitrogen functional groups attached to an aromatic ring is 1. The monoisotopic (exact) mass is 333 g/mol. The van der Waals surface area contributed by atoms with Crippen molar-refractivity contribution in [3.8, 4) is 0 Å². The molecule has 1 aromatic carbocycles. The normalized spacial score (nSPS) is 11.3. The van der Waals surface area contributed by atoms with Crippen LogP contribution in [0.3, 0.4) is 0 Å². The van der Waals surface area contributed by atoms with Crippen molar-refractivity contribution in [3.63, 3.8) is 0 Å². The molecule has 0 aliphatic carbocycles. The summed E-state index contributed by atoms with van der Waals surface area (Å²) in [7, 11) is 1.33. The highest BCUT2D eigenvalue weighted by molar-refractivity contribution is 9.12. The Morgan fingerprint density at radius 2 is 2.20 bits per heavy atom. The van der Waals surface area contributed by atoms with Crippen LogP contribution in [-0.2, 0) is 9.53 Å². The third kappa shape index (κ3) is 3.35. The molecule has 0 radical (unpaired) electrons. The number of rotatable bonds is 2. The molecule has 3 nitrogen and oxygen atoms in total. The Hall–Kier alpha value is -0.810. The number of hydrogen-bond acceptors (Lipinski definition) is 3. The van der Waals surface area contributed by atoms with Crippen LogP contribution in [0.1, 0.15) is 5.56 Å². The molecule has 15 heavy (non-hydrogen) atoms. The minimum atomic E-state index is -0.427. The zero-order valence-electron chi connectivity index (χ0n) is 7.96. The molecule has 1 aromatic rings. The number of hydrogen-bond donors (Lipinski definition) is 1. The van der Waals surface area contributed by atoms with Gasteiger partial charge in [-0.25, -0.2) is 4.79 Å². The van der Waals surface area contributed by atoms with Crippen molar-refractivity contribution >= 4 is 49.6 Å². The Labute approximate surface area is 105 Å². The number of anilines is 1. The van der Waals surface area contributed by atoms with E-state index in [2.05, 4.69) is 36.6 Å². The Morgan fingerprint density at radius 3 is 2.80 bits per heavy atom. The first kappa shape index (κ1) is 12.3. The third-order valence-corrected chi connectivity index (χ3v) is 2.96. The fourth-order valence-electron chi connectivity index (χ4n) is 0.966. The van der Waals surface area contributed by atoms with Gasteiger partial charge in [-0.05, 0) is 45.8 Å². The molecule has 0 fully saturated rings. The van der Waals surface area contributed by atoms with Gasteiger partial charge in [0.1, 0.15) is 4.48 Å². The predicted octanol–water partition coefficient (Wildman–Crippen LogP) is 2.94. The van der Waals surface area contributed by atoms with Crippen molar-refractivity contribution in [1.29, 1.82) is 0 Å². The molecule has 0 spiro atoms. The topological polar surface area (TPSA) is 52.3 Å². The molecule has 0 amide bonds. The SMILES string of the molecule is COC(=O)C(Br)=Cc1cc(N)ccc1Br. The van der Waals surface area contributed by atoms with Crippen LogP contribution < -0.4 is 5.73 Å². The number of halogens is 2. The lowest BCUT2D eigenvalue weighted by Crippen LogP contribution is -1.99. The van der Waals surface area contributed by atoms with Crippen molar-refractivity contribution in [1.82, 2.24) is 0 Å². The molecule has 5 heteroatoms. The summed E-state index contributed by atoms with van der Waals surface area (Å²) in [6.07, 6.45) is 1.65. The van der Waals surface area contributed by atoms with Crippen LogP contribution in [0.25, 0.3) is 6.08 Å². The van der Waals surface area contributed by atoms with Crippen LogP contribution in [0, 0.1) is 0 Å². The number of carbonyl (C=O) groups excluding carboxylic acids is 1. The van der Waals surface area contributed by atoms with Crippen molar-refractivity contribution in [2.45, 2.75) is 0 Å². The van der Waals surface area contributed by atoms with Gasteiger partial charge < -0.3 is 10.5 Å². The van der Waals surface area contributed by atoms with E-state index in [0.29, 0.717) is 10.2 Å². The Kier molecular flexibility index (Phi) is 4.35. The standard InChI is InChI=1S/C10H9Br2NO2/c1-15-10(14)9(12)5-6-4-7(13)2-3-8(6)11/h2-5H,13H2,1H3. The van der Waals surface area contributed by atoms with Gasteiger partial charge in [-0.15, -0.1) is 0 Å². The van der Waals surface area contributed by atoms with Crippen LogP contribution in [0.4, 0.5) is 5.69 Å². The lowest BCUT2D eigenvalue weighted by Gasteiger charge is -2.02. The van der Waals surface area contributed by atoms with E-state index in [-0.39, 0.29) is 0 Å². The van der Waals surface area contributed by atoms with Crippen LogP contribution in [-0.4, -0.2) is 13.1 Å². The highest BCUT2D eigenvalue weighted by Crippen LogP contribution is 2.23. The summed E-state index contributed by atoms with van der Waals surface area (Å²) >= 11 is 6.48. The fraction of sp³-hybridized carbons (Fsp3) is 0.100. The highest BCUT2D eigenvalue weighted by atomic mass is 79.9. The van der Waals surface area contributed by atoms with E-state index in [4.69, 9.17) is 5.73 Å². The molecular weight excluding hydrogens is 326 g/mol. The zero-order valence-corrected chi connectivity index (χ0v) is 11.1. The van der Waals surface area contributed by atoms with Gasteiger partial charge in [0.15, 0.2) is 0 Å². The summed E-state index contributed by atoms with van der Waals surface area (Å²) in [5.74, 6) is -0.427. The van der Waals surface area contributed by atoms with E-state index in [1.165, 1.54) is 7.11 Å². The van der Waals surface area contributed by atoms with Crippen LogP contribution in [0.15, 0.2) is 27.2 Å². The summed E-state index contributed by atoms with van der Waals surface area (Å²) in [6.45, 7) is 0. The van der Waals surface area contributed by atoms with E-state index in [0.717, 1.165) is 10.0 Å². The second-order valence-electron chi connectivity index (χ2n) is 2.76. The summed E-state index contributed by atoms with van der Waals surface area (Å²) in [6, 6.07) is 5.35. The second-order valence-corrected chi connectivity index (χ2v) is 4.47. The van der Waals surface area contributed by atoms with E-state index in [1.54, 1.807) is 18.2 Å². The van der Waals surface area contributed by atoms with Gasteiger partial charge in [0, 0.05) is 10.2 Å². The Morgan fingerprint density at radius 1 is 1.53 bits per heavy atom. The van der Waals surface area contributed by atoms with Crippen LogP contribution in [0.2, 0.25) is 0 Å². The molecule has 1 rings (SSSR count). The average Bonchev–Trinajstić information content (AvgIpc) is 2.22. The number of nitrogens with two attached hydrogens (primary N) is 1. The molecule has 0 bridgehead atoms.